The van der Waals surface area contributed by atoms with Crippen LogP contribution in [0.5, 0.6) is 0 Å². The Labute approximate surface area is 101 Å². The van der Waals surface area contributed by atoms with Gasteiger partial charge in [0.05, 0.1) is 5.69 Å². The van der Waals surface area contributed by atoms with Crippen molar-refractivity contribution in [1.82, 2.24) is 0 Å². The average molecular weight is 221 g/mol. The monoisotopic (exact) mass is 221 g/mol. The van der Waals surface area contributed by atoms with Crippen LogP contribution in [0.25, 0.3) is 6.08 Å². The molecule has 0 aliphatic rings. The second kappa shape index (κ2) is 6.05. The number of rotatable bonds is 3. The number of hydrogen-bond donors (Lipinski definition) is 0. The van der Waals surface area contributed by atoms with Crippen molar-refractivity contribution >= 4 is 18.0 Å². The van der Waals surface area contributed by atoms with Crippen LogP contribution < -0.4 is 0 Å². The molecule has 0 aliphatic carbocycles. The van der Waals surface area contributed by atoms with Gasteiger partial charge >= 0.3 is 0 Å². The fraction of sp³-hybridized carbons (Fsp3) is 0.0714. The van der Waals surface area contributed by atoms with Crippen molar-refractivity contribution in [1.29, 1.82) is 10.5 Å². The van der Waals surface area contributed by atoms with Gasteiger partial charge in [-0.05, 0) is 36.3 Å². The van der Waals surface area contributed by atoms with Gasteiger partial charge in [-0.25, -0.2) is 0 Å². The van der Waals surface area contributed by atoms with Crippen LogP contribution >= 0.6 is 0 Å². The standard InChI is InChI=1S/C14H11N3/c1-3-6-17-14-5-4-12(7-11(14)2)8-13(9-15)10-16/h3-8H,1H2,2H3. The molecule has 1 aromatic rings. The maximum Gasteiger partial charge on any atom is 0.130 e. The molecule has 0 radical (unpaired) electrons. The summed E-state index contributed by atoms with van der Waals surface area (Å²) < 4.78 is 0. The molecule has 0 spiro atoms. The highest BCUT2D eigenvalue weighted by Crippen LogP contribution is 2.20. The Morgan fingerprint density at radius 1 is 1.35 bits per heavy atom. The van der Waals surface area contributed by atoms with Crippen molar-refractivity contribution in [2.75, 3.05) is 0 Å². The summed E-state index contributed by atoms with van der Waals surface area (Å²) in [5.74, 6) is 0. The summed E-state index contributed by atoms with van der Waals surface area (Å²) in [4.78, 5) is 4.19. The summed E-state index contributed by atoms with van der Waals surface area (Å²) in [7, 11) is 0. The van der Waals surface area contributed by atoms with Crippen molar-refractivity contribution < 1.29 is 0 Å². The fourth-order valence-electron chi connectivity index (χ4n) is 1.30. The molecule has 3 nitrogen and oxygen atoms in total. The van der Waals surface area contributed by atoms with E-state index in [1.165, 1.54) is 0 Å². The summed E-state index contributed by atoms with van der Waals surface area (Å²) in [5.41, 5.74) is 2.73. The van der Waals surface area contributed by atoms with Crippen LogP contribution in [-0.4, -0.2) is 6.21 Å². The smallest absolute Gasteiger partial charge is 0.130 e. The van der Waals surface area contributed by atoms with Crippen LogP contribution in [-0.2, 0) is 0 Å². The zero-order chi connectivity index (χ0) is 12.7. The normalized spacial score (nSPS) is 9.35. The average Bonchev–Trinajstić information content (AvgIpc) is 2.35. The van der Waals surface area contributed by atoms with E-state index in [-0.39, 0.29) is 5.57 Å². The Morgan fingerprint density at radius 2 is 2.06 bits per heavy atom. The molecular formula is C14H11N3. The van der Waals surface area contributed by atoms with Crippen molar-refractivity contribution in [3.8, 4) is 12.1 Å². The van der Waals surface area contributed by atoms with Gasteiger partial charge in [-0.1, -0.05) is 18.7 Å². The van der Waals surface area contributed by atoms with E-state index >= 15 is 0 Å². The number of aliphatic imine (C=N–C) groups is 1. The minimum absolute atomic E-state index is 0.0896. The molecule has 0 amide bonds. The Balaban J connectivity index is 3.10. The molecule has 0 saturated carbocycles. The minimum Gasteiger partial charge on any atom is -0.257 e. The first kappa shape index (κ1) is 12.4. The number of nitriles is 2. The fourth-order valence-corrected chi connectivity index (χ4v) is 1.30. The number of benzene rings is 1. The predicted molar refractivity (Wildman–Crippen MR) is 68.7 cm³/mol. The lowest BCUT2D eigenvalue weighted by molar-refractivity contribution is 1.39. The summed E-state index contributed by atoms with van der Waals surface area (Å²) in [5, 5.41) is 17.3. The van der Waals surface area contributed by atoms with Gasteiger partial charge in [0.1, 0.15) is 17.7 Å². The van der Waals surface area contributed by atoms with E-state index < -0.39 is 0 Å². The largest absolute Gasteiger partial charge is 0.257 e. The number of nitrogens with zero attached hydrogens (tertiary/aromatic N) is 3. The van der Waals surface area contributed by atoms with Crippen LogP contribution in [0.4, 0.5) is 5.69 Å². The third-order valence-electron chi connectivity index (χ3n) is 2.09. The van der Waals surface area contributed by atoms with Gasteiger partial charge in [-0.3, -0.25) is 4.99 Å². The van der Waals surface area contributed by atoms with Gasteiger partial charge in [-0.2, -0.15) is 10.5 Å². The van der Waals surface area contributed by atoms with Gasteiger partial charge in [0.15, 0.2) is 0 Å². The highest BCUT2D eigenvalue weighted by Gasteiger charge is 1.98. The molecule has 0 atom stereocenters. The highest BCUT2D eigenvalue weighted by atomic mass is 14.7. The predicted octanol–water partition coefficient (Wildman–Crippen LogP) is 3.31. The first-order chi connectivity index (χ1) is 8.21. The van der Waals surface area contributed by atoms with E-state index in [4.69, 9.17) is 10.5 Å². The number of hydrogen-bond acceptors (Lipinski definition) is 3. The Bertz CT molecular complexity index is 550. The van der Waals surface area contributed by atoms with E-state index in [1.54, 1.807) is 18.4 Å². The molecule has 0 N–H and O–H groups in total. The van der Waals surface area contributed by atoms with Crippen LogP contribution in [0, 0.1) is 29.6 Å². The minimum atomic E-state index is 0.0896. The van der Waals surface area contributed by atoms with Gasteiger partial charge in [-0.15, -0.1) is 0 Å². The van der Waals surface area contributed by atoms with Crippen molar-refractivity contribution in [2.24, 2.45) is 4.99 Å². The van der Waals surface area contributed by atoms with Crippen molar-refractivity contribution in [3.05, 3.63) is 47.6 Å². The third kappa shape index (κ3) is 3.44. The summed E-state index contributed by atoms with van der Waals surface area (Å²) >= 11 is 0. The number of aryl methyl sites for hydroxylation is 1. The molecule has 0 saturated heterocycles. The van der Waals surface area contributed by atoms with E-state index in [9.17, 15) is 0 Å². The molecule has 0 bridgehead atoms. The Morgan fingerprint density at radius 3 is 2.59 bits per heavy atom. The maximum atomic E-state index is 8.65. The lowest BCUT2D eigenvalue weighted by Gasteiger charge is -2.01. The van der Waals surface area contributed by atoms with Gasteiger partial charge in [0, 0.05) is 6.21 Å². The molecule has 0 fully saturated rings. The quantitative estimate of drug-likeness (QED) is 0.580. The molecule has 1 rings (SSSR count). The Hall–Kier alpha value is -2.65. The van der Waals surface area contributed by atoms with E-state index in [2.05, 4.69) is 11.6 Å². The molecular weight excluding hydrogens is 210 g/mol. The van der Waals surface area contributed by atoms with Crippen molar-refractivity contribution in [2.45, 2.75) is 6.92 Å². The van der Waals surface area contributed by atoms with E-state index in [1.807, 2.05) is 37.3 Å². The van der Waals surface area contributed by atoms with E-state index in [0.717, 1.165) is 16.8 Å². The lowest BCUT2D eigenvalue weighted by atomic mass is 10.1. The third-order valence-corrected chi connectivity index (χ3v) is 2.09. The molecule has 1 aromatic carbocycles. The van der Waals surface area contributed by atoms with E-state index in [0.29, 0.717) is 0 Å². The lowest BCUT2D eigenvalue weighted by Crippen LogP contribution is -1.80. The van der Waals surface area contributed by atoms with Crippen LogP contribution in [0.1, 0.15) is 11.1 Å². The van der Waals surface area contributed by atoms with Crippen molar-refractivity contribution in [3.63, 3.8) is 0 Å². The second-order valence-electron chi connectivity index (χ2n) is 3.34. The molecule has 3 heteroatoms. The number of allylic oxidation sites excluding steroid dienone is 2. The Kier molecular flexibility index (Phi) is 4.42. The maximum absolute atomic E-state index is 8.65. The molecule has 0 aromatic heterocycles. The first-order valence-electron chi connectivity index (χ1n) is 4.99. The van der Waals surface area contributed by atoms with Crippen LogP contribution in [0.3, 0.4) is 0 Å². The van der Waals surface area contributed by atoms with Gasteiger partial charge in [0.25, 0.3) is 0 Å². The topological polar surface area (TPSA) is 59.9 Å². The zero-order valence-electron chi connectivity index (χ0n) is 9.51. The van der Waals surface area contributed by atoms with Gasteiger partial charge in [0.2, 0.25) is 0 Å². The molecule has 17 heavy (non-hydrogen) atoms. The molecule has 0 heterocycles. The summed E-state index contributed by atoms with van der Waals surface area (Å²) in [6, 6.07) is 9.19. The molecule has 0 aliphatic heterocycles. The van der Waals surface area contributed by atoms with Gasteiger partial charge < -0.3 is 0 Å². The summed E-state index contributed by atoms with van der Waals surface area (Å²) in [6.45, 7) is 5.48. The van der Waals surface area contributed by atoms with Crippen LogP contribution in [0.2, 0.25) is 0 Å². The summed E-state index contributed by atoms with van der Waals surface area (Å²) in [6.07, 6.45) is 4.78. The second-order valence-corrected chi connectivity index (χ2v) is 3.34. The molecule has 82 valence electrons. The SMILES string of the molecule is C=CC=Nc1ccc(C=C(C#N)C#N)cc1C. The zero-order valence-corrected chi connectivity index (χ0v) is 9.51. The molecule has 0 unspecified atom stereocenters. The first-order valence-corrected chi connectivity index (χ1v) is 4.99. The highest BCUT2D eigenvalue weighted by molar-refractivity contribution is 5.75. The van der Waals surface area contributed by atoms with Crippen LogP contribution in [0.15, 0.2) is 41.4 Å².